The van der Waals surface area contributed by atoms with Crippen LogP contribution in [-0.4, -0.2) is 27.3 Å². The van der Waals surface area contributed by atoms with Gasteiger partial charge in [-0.2, -0.15) is 0 Å². The fourth-order valence-electron chi connectivity index (χ4n) is 3.60. The van der Waals surface area contributed by atoms with Crippen LogP contribution in [0.1, 0.15) is 18.9 Å². The minimum absolute atomic E-state index is 0.00767. The molecule has 1 N–H and O–H groups in total. The van der Waals surface area contributed by atoms with Crippen molar-refractivity contribution in [3.05, 3.63) is 101 Å². The highest BCUT2D eigenvalue weighted by Crippen LogP contribution is 2.21. The van der Waals surface area contributed by atoms with Crippen molar-refractivity contribution in [1.82, 2.24) is 14.9 Å². The maximum absolute atomic E-state index is 13.9. The van der Waals surface area contributed by atoms with Crippen LogP contribution in [0.25, 0.3) is 16.6 Å². The van der Waals surface area contributed by atoms with E-state index >= 15 is 0 Å². The van der Waals surface area contributed by atoms with Crippen LogP contribution < -0.4 is 10.9 Å². The summed E-state index contributed by atoms with van der Waals surface area (Å²) in [5.74, 6) is -0.502. The molecule has 0 aliphatic carbocycles. The van der Waals surface area contributed by atoms with Crippen molar-refractivity contribution >= 4 is 28.6 Å². The Morgan fingerprint density at radius 1 is 1.06 bits per heavy atom. The molecule has 1 unspecified atom stereocenters. The van der Waals surface area contributed by atoms with Crippen LogP contribution >= 0.6 is 11.8 Å². The molecule has 0 saturated carbocycles. The van der Waals surface area contributed by atoms with Gasteiger partial charge in [-0.15, -0.1) is 0 Å². The number of carbonyl (C=O) groups excluding carboxylic acids is 1. The van der Waals surface area contributed by atoms with Crippen molar-refractivity contribution in [2.24, 2.45) is 0 Å². The number of aromatic nitrogens is 2. The van der Waals surface area contributed by atoms with Crippen LogP contribution in [0.5, 0.6) is 0 Å². The molecule has 168 valence electrons. The average Bonchev–Trinajstić information content (AvgIpc) is 2.82. The molecule has 1 aromatic heterocycles. The van der Waals surface area contributed by atoms with Crippen molar-refractivity contribution in [1.29, 1.82) is 0 Å². The Labute approximate surface area is 195 Å². The highest BCUT2D eigenvalue weighted by molar-refractivity contribution is 7.99. The lowest BCUT2D eigenvalue weighted by Gasteiger charge is -2.15. The number of para-hydroxylation sites is 1. The number of carbonyl (C=O) groups is 1. The predicted molar refractivity (Wildman–Crippen MR) is 130 cm³/mol. The van der Waals surface area contributed by atoms with Gasteiger partial charge in [-0.3, -0.25) is 14.2 Å². The molecule has 1 atom stereocenters. The highest BCUT2D eigenvalue weighted by atomic mass is 32.2. The molecule has 3 aromatic carbocycles. The normalized spacial score (nSPS) is 11.9. The average molecular weight is 462 g/mol. The molecular formula is C26H24FN3O2S. The van der Waals surface area contributed by atoms with E-state index in [-0.39, 0.29) is 23.3 Å². The van der Waals surface area contributed by atoms with Gasteiger partial charge in [0, 0.05) is 6.04 Å². The zero-order valence-electron chi connectivity index (χ0n) is 18.2. The van der Waals surface area contributed by atoms with E-state index in [1.807, 2.05) is 25.1 Å². The maximum atomic E-state index is 13.9. The maximum Gasteiger partial charge on any atom is 0.266 e. The lowest BCUT2D eigenvalue weighted by molar-refractivity contribution is -0.119. The number of hydrogen-bond acceptors (Lipinski definition) is 4. The highest BCUT2D eigenvalue weighted by Gasteiger charge is 2.16. The molecule has 0 bridgehead atoms. The second-order valence-corrected chi connectivity index (χ2v) is 8.76. The molecule has 1 amide bonds. The summed E-state index contributed by atoms with van der Waals surface area (Å²) in [4.78, 5) is 30.4. The third kappa shape index (κ3) is 5.68. The van der Waals surface area contributed by atoms with Crippen LogP contribution in [0, 0.1) is 5.82 Å². The van der Waals surface area contributed by atoms with Gasteiger partial charge in [-0.05, 0) is 55.7 Å². The molecule has 0 aliphatic heterocycles. The molecule has 7 heteroatoms. The molecule has 1 heterocycles. The summed E-state index contributed by atoms with van der Waals surface area (Å²) in [5.41, 5.74) is 1.84. The third-order valence-electron chi connectivity index (χ3n) is 5.26. The van der Waals surface area contributed by atoms with Crippen molar-refractivity contribution in [3.8, 4) is 5.69 Å². The monoisotopic (exact) mass is 461 g/mol. The summed E-state index contributed by atoms with van der Waals surface area (Å²) < 4.78 is 15.2. The van der Waals surface area contributed by atoms with Crippen molar-refractivity contribution in [3.63, 3.8) is 0 Å². The number of nitrogens with one attached hydrogen (secondary N) is 1. The first-order valence-corrected chi connectivity index (χ1v) is 11.7. The quantitative estimate of drug-likeness (QED) is 0.304. The number of hydrogen-bond donors (Lipinski definition) is 1. The fraction of sp³-hybridized carbons (Fsp3) is 0.192. The van der Waals surface area contributed by atoms with Gasteiger partial charge in [0.05, 0.1) is 22.3 Å². The Bertz CT molecular complexity index is 1320. The molecule has 33 heavy (non-hydrogen) atoms. The minimum atomic E-state index is -0.450. The molecule has 0 radical (unpaired) electrons. The molecule has 0 aliphatic rings. The Morgan fingerprint density at radius 3 is 2.61 bits per heavy atom. The van der Waals surface area contributed by atoms with E-state index in [1.54, 1.807) is 36.4 Å². The first kappa shape index (κ1) is 22.7. The molecule has 0 spiro atoms. The van der Waals surface area contributed by atoms with Gasteiger partial charge < -0.3 is 5.32 Å². The summed E-state index contributed by atoms with van der Waals surface area (Å²) in [7, 11) is 0. The second kappa shape index (κ2) is 10.4. The van der Waals surface area contributed by atoms with E-state index in [9.17, 15) is 14.0 Å². The molecule has 4 aromatic rings. The van der Waals surface area contributed by atoms with E-state index < -0.39 is 5.82 Å². The number of rotatable bonds is 8. The Hall–Kier alpha value is -3.45. The van der Waals surface area contributed by atoms with Crippen LogP contribution in [0.2, 0.25) is 0 Å². The number of fused-ring (bicyclic) bond motifs is 1. The Balaban J connectivity index is 1.50. The van der Waals surface area contributed by atoms with E-state index in [0.717, 1.165) is 24.6 Å². The minimum Gasteiger partial charge on any atom is -0.353 e. The topological polar surface area (TPSA) is 64.0 Å². The zero-order chi connectivity index (χ0) is 23.2. The largest absolute Gasteiger partial charge is 0.353 e. The Morgan fingerprint density at radius 2 is 1.82 bits per heavy atom. The predicted octanol–water partition coefficient (Wildman–Crippen LogP) is 4.75. The summed E-state index contributed by atoms with van der Waals surface area (Å²) in [6.07, 6.45) is 1.70. The Kier molecular flexibility index (Phi) is 7.19. The number of amides is 1. The first-order chi connectivity index (χ1) is 16.0. The molecule has 4 rings (SSSR count). The van der Waals surface area contributed by atoms with Crippen LogP contribution in [0.4, 0.5) is 4.39 Å². The summed E-state index contributed by atoms with van der Waals surface area (Å²) in [5, 5.41) is 3.78. The van der Waals surface area contributed by atoms with Crippen LogP contribution in [-0.2, 0) is 11.2 Å². The van der Waals surface area contributed by atoms with Gasteiger partial charge in [-0.25, -0.2) is 9.37 Å². The van der Waals surface area contributed by atoms with E-state index in [0.29, 0.717) is 21.7 Å². The lowest BCUT2D eigenvalue weighted by Crippen LogP contribution is -2.34. The van der Waals surface area contributed by atoms with Crippen molar-refractivity contribution in [2.75, 3.05) is 5.75 Å². The summed E-state index contributed by atoms with van der Waals surface area (Å²) in [6, 6.07) is 22.9. The zero-order valence-corrected chi connectivity index (χ0v) is 19.0. The molecule has 0 saturated heterocycles. The van der Waals surface area contributed by atoms with E-state index in [2.05, 4.69) is 22.4 Å². The molecule has 5 nitrogen and oxygen atoms in total. The number of thioether (sulfide) groups is 1. The van der Waals surface area contributed by atoms with Crippen LogP contribution in [0.15, 0.2) is 88.8 Å². The number of nitrogens with zero attached hydrogens (tertiary/aromatic N) is 2. The summed E-state index contributed by atoms with van der Waals surface area (Å²) in [6.45, 7) is 1.97. The standard InChI is InChI=1S/C26H24FN3O2S/c1-18(14-15-19-8-3-2-4-9-19)28-24(31)17-33-26-29-23-13-6-5-12-22(23)25(32)30(26)21-11-7-10-20(27)16-21/h2-13,16,18H,14-15,17H2,1H3,(H,28,31). The lowest BCUT2D eigenvalue weighted by atomic mass is 10.1. The summed E-state index contributed by atoms with van der Waals surface area (Å²) >= 11 is 1.16. The number of halogens is 1. The van der Waals surface area contributed by atoms with Gasteiger partial charge in [0.2, 0.25) is 5.91 Å². The fourth-order valence-corrected chi connectivity index (χ4v) is 4.42. The van der Waals surface area contributed by atoms with Crippen molar-refractivity contribution in [2.45, 2.75) is 31.0 Å². The van der Waals surface area contributed by atoms with Gasteiger partial charge in [0.15, 0.2) is 5.16 Å². The molecular weight excluding hydrogens is 437 g/mol. The van der Waals surface area contributed by atoms with Gasteiger partial charge in [-0.1, -0.05) is 60.3 Å². The van der Waals surface area contributed by atoms with Crippen molar-refractivity contribution < 1.29 is 9.18 Å². The SMILES string of the molecule is CC(CCc1ccccc1)NC(=O)CSc1nc2ccccc2c(=O)n1-c1cccc(F)c1. The second-order valence-electron chi connectivity index (χ2n) is 7.81. The molecule has 0 fully saturated rings. The first-order valence-electron chi connectivity index (χ1n) is 10.7. The van der Waals surface area contributed by atoms with Crippen LogP contribution in [0.3, 0.4) is 0 Å². The number of benzene rings is 3. The number of aryl methyl sites for hydroxylation is 1. The van der Waals surface area contributed by atoms with Gasteiger partial charge in [0.25, 0.3) is 5.56 Å². The van der Waals surface area contributed by atoms with Gasteiger partial charge >= 0.3 is 0 Å². The van der Waals surface area contributed by atoms with Gasteiger partial charge in [0.1, 0.15) is 5.82 Å². The smallest absolute Gasteiger partial charge is 0.266 e. The third-order valence-corrected chi connectivity index (χ3v) is 6.20. The van der Waals surface area contributed by atoms with E-state index in [1.165, 1.54) is 22.3 Å². The van der Waals surface area contributed by atoms with E-state index in [4.69, 9.17) is 0 Å².